The average Bonchev–Trinajstić information content (AvgIpc) is 3.21. The van der Waals surface area contributed by atoms with E-state index in [1.807, 2.05) is 0 Å². The summed E-state index contributed by atoms with van der Waals surface area (Å²) in [5.74, 6) is -127. The van der Waals surface area contributed by atoms with Gasteiger partial charge >= 0.3 is 95.3 Å². The molecule has 0 aliphatic rings. The van der Waals surface area contributed by atoms with E-state index in [1.165, 1.54) is 18.7 Å². The molecule has 2 rings (SSSR count). The lowest BCUT2D eigenvalue weighted by atomic mass is 9.79. The summed E-state index contributed by atoms with van der Waals surface area (Å²) >= 11 is 0. The predicted molar refractivity (Wildman–Crippen MR) is 179 cm³/mol. The lowest BCUT2D eigenvalue weighted by Crippen LogP contribution is -2.74. The van der Waals surface area contributed by atoms with Crippen molar-refractivity contribution in [2.75, 3.05) is 18.0 Å². The second-order valence-corrected chi connectivity index (χ2v) is 16.1. The van der Waals surface area contributed by atoms with Crippen molar-refractivity contribution in [1.82, 2.24) is 0 Å². The molecule has 0 heterocycles. The highest BCUT2D eigenvalue weighted by molar-refractivity contribution is 5.61. The highest BCUT2D eigenvalue weighted by atomic mass is 19.4. The minimum atomic E-state index is -9.47. The highest BCUT2D eigenvalue weighted by Crippen LogP contribution is 2.69. The Morgan fingerprint density at radius 1 is 0.342 bits per heavy atom. The average molecular weight is 1150 g/mol. The fourth-order valence-electron chi connectivity index (χ4n) is 5.75. The number of benzene rings is 2. The SMILES string of the molecule is CCN(CC)c1ccc(N=Nc2c(C(F)(F)C(F)(F)C(F)(F)C(F)(F)C(F)(F)C(F)(F)C(F)(F)C(F)(F)F)cc(C(C)(C)C)cc2C(F)(F)C(F)(F)C(F)(F)C(F)(F)C(F)(F)C(F)(F)C(F)(F)C(F)(F)F)cc1. The zero-order valence-corrected chi connectivity index (χ0v) is 35.6. The Morgan fingerprint density at radius 2 is 0.589 bits per heavy atom. The number of anilines is 1. The van der Waals surface area contributed by atoms with Crippen molar-refractivity contribution in [3.8, 4) is 0 Å². The number of hydrogen-bond acceptors (Lipinski definition) is 3. The molecular formula is C36H25F34N3. The van der Waals surface area contributed by atoms with Crippen molar-refractivity contribution in [2.24, 2.45) is 10.2 Å². The number of hydrogen-bond donors (Lipinski definition) is 0. The minimum Gasteiger partial charge on any atom is -0.372 e. The van der Waals surface area contributed by atoms with Crippen LogP contribution >= 0.6 is 0 Å². The topological polar surface area (TPSA) is 28.0 Å². The molecule has 0 unspecified atom stereocenters. The van der Waals surface area contributed by atoms with Crippen molar-refractivity contribution >= 4 is 17.1 Å². The van der Waals surface area contributed by atoms with E-state index in [4.69, 9.17) is 0 Å². The van der Waals surface area contributed by atoms with Gasteiger partial charge in [-0.05, 0) is 61.2 Å². The van der Waals surface area contributed by atoms with Gasteiger partial charge in [0.1, 0.15) is 5.69 Å². The van der Waals surface area contributed by atoms with Crippen LogP contribution in [0, 0.1) is 0 Å². The molecular weight excluding hydrogens is 1120 g/mol. The van der Waals surface area contributed by atoms with Gasteiger partial charge in [-0.2, -0.15) is 154 Å². The largest absolute Gasteiger partial charge is 0.460 e. The summed E-state index contributed by atoms with van der Waals surface area (Å²) in [5.41, 5.74) is -18.1. The lowest BCUT2D eigenvalue weighted by Gasteiger charge is -2.43. The Balaban J connectivity index is 3.41. The third-order valence-electron chi connectivity index (χ3n) is 10.3. The summed E-state index contributed by atoms with van der Waals surface area (Å²) in [6.07, 6.45) is -16.5. The fourth-order valence-corrected chi connectivity index (χ4v) is 5.75. The Labute approximate surface area is 383 Å². The van der Waals surface area contributed by atoms with Gasteiger partial charge in [-0.1, -0.05) is 20.8 Å². The predicted octanol–water partition coefficient (Wildman–Crippen LogP) is 17.2. The van der Waals surface area contributed by atoms with Crippen LogP contribution in [-0.4, -0.2) is 96.5 Å². The Hall–Kier alpha value is -4.54. The summed E-state index contributed by atoms with van der Waals surface area (Å²) in [5, 5.41) is 4.85. The molecule has 0 fully saturated rings. The normalized spacial score (nSPS) is 15.9. The van der Waals surface area contributed by atoms with Crippen LogP contribution in [0.2, 0.25) is 0 Å². The number of nitrogens with zero attached hydrogens (tertiary/aromatic N) is 3. The maximum absolute atomic E-state index is 16.1. The van der Waals surface area contributed by atoms with Crippen LogP contribution in [0.25, 0.3) is 0 Å². The molecule has 0 saturated carbocycles. The van der Waals surface area contributed by atoms with Gasteiger partial charge in [0.25, 0.3) is 0 Å². The molecule has 0 bridgehead atoms. The first kappa shape index (κ1) is 64.6. The third kappa shape index (κ3) is 9.08. The number of halogens is 34. The quantitative estimate of drug-likeness (QED) is 0.102. The van der Waals surface area contributed by atoms with E-state index in [0.29, 0.717) is 32.9 Å². The van der Waals surface area contributed by atoms with Crippen molar-refractivity contribution in [1.29, 1.82) is 0 Å². The van der Waals surface area contributed by atoms with E-state index in [1.54, 1.807) is 0 Å². The number of rotatable bonds is 19. The molecule has 0 spiro atoms. The minimum absolute atomic E-state index is 0.0225. The first-order chi connectivity index (χ1) is 31.7. The number of alkyl halides is 34. The molecule has 0 atom stereocenters. The molecule has 0 aliphatic heterocycles. The second-order valence-electron chi connectivity index (χ2n) is 16.1. The van der Waals surface area contributed by atoms with Gasteiger partial charge < -0.3 is 4.90 Å². The van der Waals surface area contributed by atoms with E-state index >= 15 is 52.7 Å². The van der Waals surface area contributed by atoms with E-state index in [2.05, 4.69) is 10.2 Å². The van der Waals surface area contributed by atoms with Crippen molar-refractivity contribution in [3.05, 3.63) is 53.1 Å². The van der Waals surface area contributed by atoms with Crippen molar-refractivity contribution in [2.45, 2.75) is 135 Å². The molecule has 422 valence electrons. The second kappa shape index (κ2) is 18.1. The molecule has 0 saturated heterocycles. The Morgan fingerprint density at radius 3 is 0.822 bits per heavy atom. The first-order valence-electron chi connectivity index (χ1n) is 18.6. The molecule has 0 radical (unpaired) electrons. The van der Waals surface area contributed by atoms with Gasteiger partial charge in [0.2, 0.25) is 0 Å². The monoisotopic (exact) mass is 1150 g/mol. The lowest BCUT2D eigenvalue weighted by molar-refractivity contribution is -0.463. The fraction of sp³-hybridized carbons (Fsp3) is 0.667. The van der Waals surface area contributed by atoms with Crippen LogP contribution in [0.3, 0.4) is 0 Å². The van der Waals surface area contributed by atoms with Gasteiger partial charge in [-0.25, -0.2) is 0 Å². The van der Waals surface area contributed by atoms with Crippen LogP contribution in [-0.2, 0) is 17.3 Å². The smallest absolute Gasteiger partial charge is 0.372 e. The maximum atomic E-state index is 16.1. The molecule has 3 nitrogen and oxygen atoms in total. The molecule has 2 aromatic carbocycles. The van der Waals surface area contributed by atoms with E-state index in [-0.39, 0.29) is 18.8 Å². The van der Waals surface area contributed by atoms with Crippen molar-refractivity contribution in [3.63, 3.8) is 0 Å². The molecule has 0 aromatic heterocycles. The van der Waals surface area contributed by atoms with Crippen molar-refractivity contribution < 1.29 is 149 Å². The number of azo groups is 1. The maximum Gasteiger partial charge on any atom is 0.460 e. The van der Waals surface area contributed by atoms with Crippen LogP contribution in [0.4, 0.5) is 166 Å². The van der Waals surface area contributed by atoms with Gasteiger partial charge in [0.15, 0.2) is 0 Å². The molecule has 73 heavy (non-hydrogen) atoms. The molecule has 0 aliphatic carbocycles. The summed E-state index contributed by atoms with van der Waals surface area (Å²) < 4.78 is 487. The summed E-state index contributed by atoms with van der Waals surface area (Å²) in [6.45, 7) is 3.96. The van der Waals surface area contributed by atoms with Crippen LogP contribution < -0.4 is 4.90 Å². The van der Waals surface area contributed by atoms with E-state index in [0.717, 1.165) is 12.1 Å². The van der Waals surface area contributed by atoms with Crippen LogP contribution in [0.15, 0.2) is 46.6 Å². The molecule has 0 amide bonds. The first-order valence-corrected chi connectivity index (χ1v) is 18.6. The third-order valence-corrected chi connectivity index (χ3v) is 10.3. The standard InChI is InChI=1S/C36H25F34N3/c1-6-73(7-2)16-10-8-15(9-11-16)71-72-19-17(21(37,38)23(41,42)25(45,46)27(49,50)29(53,54)31(57,58)33(61,62)35(65,66)67)12-14(20(3,4)5)13-18(19)22(39,40)24(43,44)26(47,48)28(51,52)30(55,56)32(59,60)34(63,64)36(68,69)70/h8-13H,6-7H2,1-5H3. The zero-order chi connectivity index (χ0) is 58.6. The Kier molecular flexibility index (Phi) is 16.0. The van der Waals surface area contributed by atoms with Gasteiger partial charge in [-0.3, -0.25) is 0 Å². The van der Waals surface area contributed by atoms with E-state index < -0.39 is 141 Å². The van der Waals surface area contributed by atoms with Crippen LogP contribution in [0.1, 0.15) is 51.3 Å². The van der Waals surface area contributed by atoms with E-state index in [9.17, 15) is 96.6 Å². The summed E-state index contributed by atoms with van der Waals surface area (Å²) in [4.78, 5) is 1.37. The highest BCUT2D eigenvalue weighted by Gasteiger charge is 2.97. The van der Waals surface area contributed by atoms with Crippen LogP contribution in [0.5, 0.6) is 0 Å². The molecule has 0 N–H and O–H groups in total. The summed E-state index contributed by atoms with van der Waals surface area (Å²) in [7, 11) is 0. The summed E-state index contributed by atoms with van der Waals surface area (Å²) in [6, 6.07) is 0.173. The zero-order valence-electron chi connectivity index (χ0n) is 35.6. The van der Waals surface area contributed by atoms with Gasteiger partial charge in [0.05, 0.1) is 16.8 Å². The van der Waals surface area contributed by atoms with Gasteiger partial charge in [0, 0.05) is 18.8 Å². The molecule has 37 heteroatoms. The molecule has 2 aromatic rings. The Bertz CT molecular complexity index is 2190. The van der Waals surface area contributed by atoms with Gasteiger partial charge in [-0.15, -0.1) is 5.11 Å².